The molecule has 0 bridgehead atoms. The summed E-state index contributed by atoms with van der Waals surface area (Å²) in [5, 5.41) is 10.3. The van der Waals surface area contributed by atoms with E-state index in [1.807, 2.05) is 12.1 Å². The zero-order valence-corrected chi connectivity index (χ0v) is 20.1. The molecule has 2 unspecified atom stereocenters. The van der Waals surface area contributed by atoms with Crippen LogP contribution < -0.4 is 0 Å². The smallest absolute Gasteiger partial charge is 0.119 e. The molecule has 1 aromatic carbocycles. The maximum atomic E-state index is 10.3. The lowest BCUT2D eigenvalue weighted by Gasteiger charge is -2.33. The lowest BCUT2D eigenvalue weighted by Crippen LogP contribution is -2.26. The molecule has 2 aliphatic carbocycles. The fraction of sp³-hybridized carbons (Fsp3) is 0.727. The second-order valence-corrected chi connectivity index (χ2v) is 14.6. The van der Waals surface area contributed by atoms with Crippen LogP contribution >= 0.6 is 25.4 Å². The van der Waals surface area contributed by atoms with Gasteiger partial charge in [-0.3, -0.25) is 0 Å². The van der Waals surface area contributed by atoms with Crippen LogP contribution in [-0.2, 0) is 17.4 Å². The van der Waals surface area contributed by atoms with E-state index in [1.165, 1.54) is 56.1 Å². The summed E-state index contributed by atoms with van der Waals surface area (Å²) in [6.07, 6.45) is 11.6. The summed E-state index contributed by atoms with van der Waals surface area (Å²) in [4.78, 5) is 0. The molecule has 2 nitrogen and oxygen atoms in total. The van der Waals surface area contributed by atoms with Crippen molar-refractivity contribution in [3.05, 3.63) is 29.3 Å². The minimum absolute atomic E-state index is 0.420. The van der Waals surface area contributed by atoms with Crippen LogP contribution in [0.5, 0.6) is 5.75 Å². The zero-order valence-electron chi connectivity index (χ0n) is 16.9. The van der Waals surface area contributed by atoms with E-state index >= 15 is 0 Å². The third-order valence-electron chi connectivity index (χ3n) is 6.95. The van der Waals surface area contributed by atoms with Gasteiger partial charge in [0, 0.05) is 0 Å². The SMILES string of the molecule is CCCCC[C@@H](CC[C@@H]1[C@H]2Cc3cccc(O)c3C[C@H]2C[C@H]1C)OP(P)P. The van der Waals surface area contributed by atoms with E-state index in [0.29, 0.717) is 11.9 Å². The number of fused-ring (bicyclic) bond motifs is 2. The van der Waals surface area contributed by atoms with Gasteiger partial charge in [0.1, 0.15) is 5.75 Å². The number of rotatable bonds is 9. The third-order valence-corrected chi connectivity index (χ3v) is 8.23. The molecule has 0 aliphatic heterocycles. The molecular weight excluding hydrogens is 389 g/mol. The highest BCUT2D eigenvalue weighted by Crippen LogP contribution is 2.56. The molecule has 0 amide bonds. The van der Waals surface area contributed by atoms with E-state index in [-0.39, 0.29) is 0 Å². The monoisotopic (exact) mass is 426 g/mol. The van der Waals surface area contributed by atoms with Gasteiger partial charge in [0.15, 0.2) is 0 Å². The van der Waals surface area contributed by atoms with Crippen molar-refractivity contribution in [1.82, 2.24) is 0 Å². The Labute approximate surface area is 171 Å². The number of hydrogen-bond acceptors (Lipinski definition) is 2. The van der Waals surface area contributed by atoms with Crippen LogP contribution in [0.25, 0.3) is 0 Å². The highest BCUT2D eigenvalue weighted by Gasteiger charge is 2.43. The Morgan fingerprint density at radius 3 is 2.78 bits per heavy atom. The van der Waals surface area contributed by atoms with Crippen molar-refractivity contribution in [2.24, 2.45) is 23.7 Å². The van der Waals surface area contributed by atoms with Crippen molar-refractivity contribution >= 4 is 25.4 Å². The van der Waals surface area contributed by atoms with Gasteiger partial charge in [0.25, 0.3) is 0 Å². The Morgan fingerprint density at radius 1 is 1.22 bits per heavy atom. The van der Waals surface area contributed by atoms with Gasteiger partial charge in [-0.05, 0) is 79.4 Å². The van der Waals surface area contributed by atoms with Gasteiger partial charge in [0.2, 0.25) is 0 Å². The third kappa shape index (κ3) is 5.66. The van der Waals surface area contributed by atoms with Gasteiger partial charge in [-0.1, -0.05) is 63.1 Å². The first-order valence-electron chi connectivity index (χ1n) is 10.8. The van der Waals surface area contributed by atoms with Crippen molar-refractivity contribution in [2.45, 2.75) is 77.7 Å². The van der Waals surface area contributed by atoms with Gasteiger partial charge in [0.05, 0.1) is 13.6 Å². The summed E-state index contributed by atoms with van der Waals surface area (Å²) in [6.45, 7) is 4.73. The molecule has 0 radical (unpaired) electrons. The van der Waals surface area contributed by atoms with Gasteiger partial charge in [-0.15, -0.1) is 0 Å². The number of phenols is 1. The maximum Gasteiger partial charge on any atom is 0.119 e. The van der Waals surface area contributed by atoms with Gasteiger partial charge >= 0.3 is 0 Å². The summed E-state index contributed by atoms with van der Waals surface area (Å²) in [5.41, 5.74) is 2.62. The van der Waals surface area contributed by atoms with Gasteiger partial charge in [-0.2, -0.15) is 0 Å². The maximum absolute atomic E-state index is 10.3. The molecule has 7 atom stereocenters. The standard InChI is InChI=1S/C22H37O2P3/c1-3-4-5-8-18(24-27(25)26)10-11-19-15(2)12-17-14-21-16(13-20(17)19)7-6-9-22(21)23/h6-7,9,15,17-20,23H,3-5,8,10-14,25-26H2,1-2H3/t15-,17-,18+,19+,20+/m1/s1. The van der Waals surface area contributed by atoms with Crippen molar-refractivity contribution in [1.29, 1.82) is 0 Å². The lowest BCUT2D eigenvalue weighted by atomic mass is 9.73. The highest BCUT2D eigenvalue weighted by atomic mass is 32.4. The van der Waals surface area contributed by atoms with Crippen LogP contribution in [0.4, 0.5) is 0 Å². The van der Waals surface area contributed by atoms with Gasteiger partial charge in [-0.25, -0.2) is 0 Å². The van der Waals surface area contributed by atoms with E-state index in [2.05, 4.69) is 37.8 Å². The van der Waals surface area contributed by atoms with Crippen molar-refractivity contribution in [2.75, 3.05) is 0 Å². The second kappa shape index (κ2) is 10.3. The topological polar surface area (TPSA) is 29.5 Å². The van der Waals surface area contributed by atoms with Crippen LogP contribution in [-0.4, -0.2) is 11.2 Å². The Kier molecular flexibility index (Phi) is 8.42. The fourth-order valence-corrected chi connectivity index (χ4v) is 7.22. The summed E-state index contributed by atoms with van der Waals surface area (Å²) < 4.78 is 6.26. The van der Waals surface area contributed by atoms with E-state index in [4.69, 9.17) is 4.52 Å². The average Bonchev–Trinajstić information content (AvgIpc) is 2.92. The molecule has 2 aliphatic rings. The highest BCUT2D eigenvalue weighted by molar-refractivity contribution is 8.41. The molecule has 27 heavy (non-hydrogen) atoms. The van der Waals surface area contributed by atoms with Gasteiger partial charge < -0.3 is 9.63 Å². The first-order valence-corrected chi connectivity index (χ1v) is 15.2. The normalized spacial score (nSPS) is 28.2. The van der Waals surface area contributed by atoms with Crippen LogP contribution in [0, 0.1) is 23.7 Å². The summed E-state index contributed by atoms with van der Waals surface area (Å²) >= 11 is 0. The zero-order chi connectivity index (χ0) is 19.4. The van der Waals surface area contributed by atoms with Crippen molar-refractivity contribution in [3.8, 4) is 5.75 Å². The summed E-state index contributed by atoms with van der Waals surface area (Å²) in [7, 11) is 5.21. The van der Waals surface area contributed by atoms with Crippen LogP contribution in [0.2, 0.25) is 0 Å². The number of unbranched alkanes of at least 4 members (excludes halogenated alkanes) is 2. The Hall–Kier alpha value is 0.270. The molecule has 1 aromatic rings. The minimum Gasteiger partial charge on any atom is -0.508 e. The first-order chi connectivity index (χ1) is 13.0. The number of phenolic OH excluding ortho intramolecular Hbond substituents is 1. The predicted octanol–water partition coefficient (Wildman–Crippen LogP) is 7.10. The predicted molar refractivity (Wildman–Crippen MR) is 124 cm³/mol. The van der Waals surface area contributed by atoms with Crippen molar-refractivity contribution < 1.29 is 9.63 Å². The van der Waals surface area contributed by atoms with E-state index in [1.54, 1.807) is 0 Å². The van der Waals surface area contributed by atoms with E-state index < -0.39 is 7.53 Å². The molecule has 1 saturated carbocycles. The summed E-state index contributed by atoms with van der Waals surface area (Å²) in [5.74, 6) is 3.66. The van der Waals surface area contributed by atoms with E-state index in [9.17, 15) is 5.11 Å². The quantitative estimate of drug-likeness (QED) is 0.337. The lowest BCUT2D eigenvalue weighted by molar-refractivity contribution is 0.171. The Morgan fingerprint density at radius 2 is 2.04 bits per heavy atom. The molecule has 0 spiro atoms. The largest absolute Gasteiger partial charge is 0.508 e. The molecule has 3 rings (SSSR count). The first kappa shape index (κ1) is 22.0. The molecule has 0 aromatic heterocycles. The minimum atomic E-state index is -0.444. The summed E-state index contributed by atoms with van der Waals surface area (Å²) in [6, 6.07) is 6.11. The average molecular weight is 426 g/mol. The second-order valence-electron chi connectivity index (χ2n) is 8.78. The van der Waals surface area contributed by atoms with Crippen LogP contribution in [0.3, 0.4) is 0 Å². The molecule has 1 fully saturated rings. The van der Waals surface area contributed by atoms with Crippen LogP contribution in [0.15, 0.2) is 18.2 Å². The van der Waals surface area contributed by atoms with Crippen LogP contribution in [0.1, 0.15) is 69.9 Å². The van der Waals surface area contributed by atoms with E-state index in [0.717, 1.165) is 36.5 Å². The molecule has 0 saturated heterocycles. The molecule has 5 heteroatoms. The number of benzene rings is 1. The molecule has 0 heterocycles. The molecular formula is C22H37O2P3. The number of hydrogen-bond donors (Lipinski definition) is 1. The Balaban J connectivity index is 1.62. The molecule has 1 N–H and O–H groups in total. The Bertz CT molecular complexity index is 607. The van der Waals surface area contributed by atoms with Crippen molar-refractivity contribution in [3.63, 3.8) is 0 Å². The fourth-order valence-electron chi connectivity index (χ4n) is 5.64. The number of aromatic hydroxyl groups is 1. The molecule has 152 valence electrons.